The van der Waals surface area contributed by atoms with Gasteiger partial charge in [0.15, 0.2) is 0 Å². The molecular formula is C14H12N2O2S. The number of primary sulfonamides is 1. The summed E-state index contributed by atoms with van der Waals surface area (Å²) in [5, 5.41) is 13.9. The van der Waals surface area contributed by atoms with Crippen molar-refractivity contribution in [3.05, 3.63) is 65.2 Å². The molecule has 0 atom stereocenters. The Bertz CT molecular complexity index is 729. The quantitative estimate of drug-likeness (QED) is 0.924. The highest BCUT2D eigenvalue weighted by atomic mass is 32.2. The van der Waals surface area contributed by atoms with Gasteiger partial charge in [0, 0.05) is 0 Å². The van der Waals surface area contributed by atoms with Gasteiger partial charge in [-0.3, -0.25) is 0 Å². The van der Waals surface area contributed by atoms with E-state index in [1.165, 1.54) is 6.07 Å². The summed E-state index contributed by atoms with van der Waals surface area (Å²) in [5.74, 6) is 0. The zero-order valence-corrected chi connectivity index (χ0v) is 10.9. The third-order valence-electron chi connectivity index (χ3n) is 2.76. The number of rotatable bonds is 3. The van der Waals surface area contributed by atoms with E-state index in [0.717, 1.165) is 5.56 Å². The van der Waals surface area contributed by atoms with E-state index in [4.69, 9.17) is 10.4 Å². The molecule has 0 spiro atoms. The van der Waals surface area contributed by atoms with Crippen LogP contribution in [-0.2, 0) is 16.4 Å². The van der Waals surface area contributed by atoms with E-state index in [9.17, 15) is 8.42 Å². The minimum atomic E-state index is -3.72. The molecule has 0 aliphatic carbocycles. The first kappa shape index (κ1) is 13.3. The van der Waals surface area contributed by atoms with Crippen LogP contribution in [0.4, 0.5) is 0 Å². The third-order valence-corrected chi connectivity index (χ3v) is 3.77. The van der Waals surface area contributed by atoms with Crippen LogP contribution in [0.5, 0.6) is 0 Å². The summed E-state index contributed by atoms with van der Waals surface area (Å²) in [6, 6.07) is 15.7. The number of hydrogen-bond donors (Lipinski definition) is 1. The molecule has 0 aromatic heterocycles. The lowest BCUT2D eigenvalue weighted by Gasteiger charge is -2.07. The molecule has 0 heterocycles. The highest BCUT2D eigenvalue weighted by Crippen LogP contribution is 2.18. The zero-order valence-electron chi connectivity index (χ0n) is 10.1. The van der Waals surface area contributed by atoms with Crippen LogP contribution in [-0.4, -0.2) is 8.42 Å². The molecule has 0 saturated carbocycles. The summed E-state index contributed by atoms with van der Waals surface area (Å²) in [7, 11) is -3.72. The van der Waals surface area contributed by atoms with Gasteiger partial charge in [0.2, 0.25) is 10.0 Å². The number of nitrogens with two attached hydrogens (primary N) is 1. The van der Waals surface area contributed by atoms with Gasteiger partial charge < -0.3 is 0 Å². The van der Waals surface area contributed by atoms with Crippen molar-refractivity contribution in [1.29, 1.82) is 5.26 Å². The van der Waals surface area contributed by atoms with Gasteiger partial charge in [-0.25, -0.2) is 13.6 Å². The molecule has 0 fully saturated rings. The van der Waals surface area contributed by atoms with E-state index in [2.05, 4.69) is 0 Å². The Hall–Kier alpha value is -2.16. The lowest BCUT2D eigenvalue weighted by molar-refractivity contribution is 0.597. The Morgan fingerprint density at radius 2 is 1.68 bits per heavy atom. The summed E-state index contributed by atoms with van der Waals surface area (Å²) in [5.41, 5.74) is 2.15. The lowest BCUT2D eigenvalue weighted by atomic mass is 10.0. The van der Waals surface area contributed by atoms with Gasteiger partial charge in [0.05, 0.1) is 16.5 Å². The van der Waals surface area contributed by atoms with Crippen LogP contribution in [0, 0.1) is 11.3 Å². The molecule has 0 amide bonds. The summed E-state index contributed by atoms with van der Waals surface area (Å²) < 4.78 is 23.0. The van der Waals surface area contributed by atoms with Crippen LogP contribution in [0.25, 0.3) is 0 Å². The zero-order chi connectivity index (χ0) is 13.9. The van der Waals surface area contributed by atoms with E-state index in [0.29, 0.717) is 17.5 Å². The number of sulfonamides is 1. The largest absolute Gasteiger partial charge is 0.238 e. The minimum Gasteiger partial charge on any atom is -0.225 e. The molecule has 2 aromatic rings. The molecule has 2 rings (SSSR count). The summed E-state index contributed by atoms with van der Waals surface area (Å²) in [4.78, 5) is 0.138. The molecule has 2 N–H and O–H groups in total. The van der Waals surface area contributed by atoms with E-state index in [-0.39, 0.29) is 4.90 Å². The molecule has 5 heteroatoms. The fraction of sp³-hybridized carbons (Fsp3) is 0.0714. The van der Waals surface area contributed by atoms with Gasteiger partial charge in [-0.05, 0) is 35.7 Å². The molecule has 96 valence electrons. The standard InChI is InChI=1S/C14H12N2O2S/c15-10-12-7-5-11(6-8-12)9-13-3-1-2-4-14(13)19(16,17)18/h1-8H,9H2,(H2,16,17,18). The monoisotopic (exact) mass is 272 g/mol. The second-order valence-corrected chi connectivity index (χ2v) is 5.67. The van der Waals surface area contributed by atoms with Gasteiger partial charge >= 0.3 is 0 Å². The van der Waals surface area contributed by atoms with E-state index >= 15 is 0 Å². The van der Waals surface area contributed by atoms with Gasteiger partial charge in [-0.2, -0.15) is 5.26 Å². The van der Waals surface area contributed by atoms with Crippen molar-refractivity contribution >= 4 is 10.0 Å². The third kappa shape index (κ3) is 3.19. The maximum atomic E-state index is 11.5. The number of nitrogens with zero attached hydrogens (tertiary/aromatic N) is 1. The van der Waals surface area contributed by atoms with E-state index in [1.807, 2.05) is 6.07 Å². The highest BCUT2D eigenvalue weighted by molar-refractivity contribution is 7.89. The fourth-order valence-corrected chi connectivity index (χ4v) is 2.62. The van der Waals surface area contributed by atoms with Crippen molar-refractivity contribution < 1.29 is 8.42 Å². The molecular weight excluding hydrogens is 260 g/mol. The predicted molar refractivity (Wildman–Crippen MR) is 71.8 cm³/mol. The second kappa shape index (κ2) is 5.22. The van der Waals surface area contributed by atoms with Crippen LogP contribution in [0.3, 0.4) is 0 Å². The summed E-state index contributed by atoms with van der Waals surface area (Å²) in [6.45, 7) is 0. The highest BCUT2D eigenvalue weighted by Gasteiger charge is 2.13. The number of nitriles is 1. The van der Waals surface area contributed by atoms with Crippen molar-refractivity contribution in [2.24, 2.45) is 5.14 Å². The van der Waals surface area contributed by atoms with E-state index in [1.54, 1.807) is 42.5 Å². The Balaban J connectivity index is 2.36. The lowest BCUT2D eigenvalue weighted by Crippen LogP contribution is -2.14. The van der Waals surface area contributed by atoms with Crippen LogP contribution in [0.1, 0.15) is 16.7 Å². The molecule has 0 saturated heterocycles. The first-order chi connectivity index (χ1) is 9.00. The van der Waals surface area contributed by atoms with Crippen molar-refractivity contribution in [3.63, 3.8) is 0 Å². The Morgan fingerprint density at radius 1 is 1.05 bits per heavy atom. The normalized spacial score (nSPS) is 10.9. The minimum absolute atomic E-state index is 0.138. The maximum Gasteiger partial charge on any atom is 0.238 e. The molecule has 0 aliphatic rings. The number of hydrogen-bond acceptors (Lipinski definition) is 3. The Labute approximate surface area is 112 Å². The summed E-state index contributed by atoms with van der Waals surface area (Å²) in [6.07, 6.45) is 0.457. The smallest absolute Gasteiger partial charge is 0.225 e. The van der Waals surface area contributed by atoms with Gasteiger partial charge in [-0.1, -0.05) is 30.3 Å². The molecule has 2 aromatic carbocycles. The average molecular weight is 272 g/mol. The molecule has 0 bridgehead atoms. The SMILES string of the molecule is N#Cc1ccc(Cc2ccccc2S(N)(=O)=O)cc1. The van der Waals surface area contributed by atoms with Crippen LogP contribution < -0.4 is 5.14 Å². The molecule has 0 aliphatic heterocycles. The molecule has 0 unspecified atom stereocenters. The molecule has 0 radical (unpaired) electrons. The van der Waals surface area contributed by atoms with Gasteiger partial charge in [0.1, 0.15) is 0 Å². The molecule has 4 nitrogen and oxygen atoms in total. The van der Waals surface area contributed by atoms with Crippen LogP contribution in [0.2, 0.25) is 0 Å². The Kier molecular flexibility index (Phi) is 3.65. The summed E-state index contributed by atoms with van der Waals surface area (Å²) >= 11 is 0. The van der Waals surface area contributed by atoms with Gasteiger partial charge in [-0.15, -0.1) is 0 Å². The van der Waals surface area contributed by atoms with Crippen molar-refractivity contribution in [1.82, 2.24) is 0 Å². The maximum absolute atomic E-state index is 11.5. The second-order valence-electron chi connectivity index (χ2n) is 4.14. The van der Waals surface area contributed by atoms with Crippen molar-refractivity contribution in [3.8, 4) is 6.07 Å². The van der Waals surface area contributed by atoms with Crippen LogP contribution >= 0.6 is 0 Å². The average Bonchev–Trinajstić information content (AvgIpc) is 2.39. The van der Waals surface area contributed by atoms with Crippen molar-refractivity contribution in [2.45, 2.75) is 11.3 Å². The van der Waals surface area contributed by atoms with Crippen LogP contribution in [0.15, 0.2) is 53.4 Å². The first-order valence-corrected chi connectivity index (χ1v) is 7.15. The topological polar surface area (TPSA) is 83.9 Å². The van der Waals surface area contributed by atoms with Crippen molar-refractivity contribution in [2.75, 3.05) is 0 Å². The Morgan fingerprint density at radius 3 is 2.26 bits per heavy atom. The van der Waals surface area contributed by atoms with E-state index < -0.39 is 10.0 Å². The molecule has 19 heavy (non-hydrogen) atoms. The predicted octanol–water partition coefficient (Wildman–Crippen LogP) is 1.80. The number of benzene rings is 2. The first-order valence-electron chi connectivity index (χ1n) is 5.60. The van der Waals surface area contributed by atoms with Gasteiger partial charge in [0.25, 0.3) is 0 Å². The fourth-order valence-electron chi connectivity index (χ4n) is 1.84.